The molecule has 0 aromatic heterocycles. The molecule has 0 bridgehead atoms. The first kappa shape index (κ1) is 71.0. The second-order valence-corrected chi connectivity index (χ2v) is 22.4. The van der Waals surface area contributed by atoms with Crippen LogP contribution in [0.15, 0.2) is 48.6 Å². The van der Waals surface area contributed by atoms with Crippen molar-refractivity contribution in [3.63, 3.8) is 0 Å². The second-order valence-electron chi connectivity index (χ2n) is 20.9. The van der Waals surface area contributed by atoms with Crippen LogP contribution in [0.3, 0.4) is 0 Å². The van der Waals surface area contributed by atoms with Gasteiger partial charge in [-0.15, -0.1) is 0 Å². The van der Waals surface area contributed by atoms with E-state index in [1.165, 1.54) is 231 Å². The van der Waals surface area contributed by atoms with E-state index in [2.05, 4.69) is 62.5 Å². The summed E-state index contributed by atoms with van der Waals surface area (Å²) < 4.78 is 33.1. The molecule has 428 valence electrons. The molecular formula is C63H118NO8P. The number of ether oxygens (including phenoxy) is 2. The molecule has 0 aliphatic rings. The van der Waals surface area contributed by atoms with Crippen LogP contribution in [0, 0.1) is 0 Å². The maximum atomic E-state index is 12.7. The van der Waals surface area contributed by atoms with E-state index in [1.807, 2.05) is 0 Å². The molecular weight excluding hydrogens is 930 g/mol. The van der Waals surface area contributed by atoms with Gasteiger partial charge in [0.2, 0.25) is 0 Å². The Kier molecular flexibility index (Phi) is 57.6. The smallest absolute Gasteiger partial charge is 0.462 e. The third-order valence-corrected chi connectivity index (χ3v) is 14.7. The van der Waals surface area contributed by atoms with Crippen LogP contribution in [0.1, 0.15) is 309 Å². The average molecular weight is 1050 g/mol. The summed E-state index contributed by atoms with van der Waals surface area (Å²) in [5.74, 6) is -0.817. The summed E-state index contributed by atoms with van der Waals surface area (Å²) in [7, 11) is -4.39. The summed E-state index contributed by atoms with van der Waals surface area (Å²) in [5, 5.41) is 0. The lowest BCUT2D eigenvalue weighted by Gasteiger charge is -2.19. The molecule has 0 saturated carbocycles. The van der Waals surface area contributed by atoms with Gasteiger partial charge in [-0.1, -0.05) is 268 Å². The van der Waals surface area contributed by atoms with Gasteiger partial charge in [0.25, 0.3) is 0 Å². The topological polar surface area (TPSA) is 134 Å². The van der Waals surface area contributed by atoms with E-state index in [9.17, 15) is 19.0 Å². The Bertz CT molecular complexity index is 1330. The summed E-state index contributed by atoms with van der Waals surface area (Å²) in [6.07, 6.45) is 73.2. The van der Waals surface area contributed by atoms with Gasteiger partial charge in [-0.2, -0.15) is 0 Å². The minimum atomic E-state index is -4.39. The number of phosphoric ester groups is 1. The number of allylic oxidation sites excluding steroid dienone is 8. The Hall–Kier alpha value is -2.03. The zero-order valence-electron chi connectivity index (χ0n) is 47.9. The Morgan fingerprint density at radius 3 is 1.07 bits per heavy atom. The number of unbranched alkanes of at least 4 members (excludes halogenated alkanes) is 38. The molecule has 10 heteroatoms. The summed E-state index contributed by atoms with van der Waals surface area (Å²) in [5.41, 5.74) is 5.39. The van der Waals surface area contributed by atoms with Gasteiger partial charge in [0.15, 0.2) is 6.10 Å². The zero-order chi connectivity index (χ0) is 53.1. The Labute approximate surface area is 451 Å². The normalized spacial score (nSPS) is 13.3. The number of phosphoric acid groups is 1. The van der Waals surface area contributed by atoms with E-state index in [-0.39, 0.29) is 38.6 Å². The molecule has 0 fully saturated rings. The fraction of sp³-hybridized carbons (Fsp3) is 0.841. The first-order chi connectivity index (χ1) is 35.8. The number of carbonyl (C=O) groups excluding carboxylic acids is 2. The standard InChI is InChI=1S/C63H118NO8P/c1-3-5-7-9-11-13-15-17-19-21-23-24-25-26-27-28-29-30-31-32-33-34-35-36-38-40-42-44-46-48-50-52-54-56-63(66)72-61(60-71-73(67,68)70-58-57-64)59-69-62(65)55-53-51-49-47-45-43-41-39-37-22-20-18-16-14-12-10-8-6-4-2/h15,17-18,20-21,23,25-26,61H,3-14,16,19,22,24,27-60,64H2,1-2H3,(H,67,68)/b17-15-,20-18-,23-21-,26-25-. The molecule has 9 nitrogen and oxygen atoms in total. The Morgan fingerprint density at radius 2 is 0.712 bits per heavy atom. The number of nitrogens with two attached hydrogens (primary N) is 1. The molecule has 2 atom stereocenters. The first-order valence-corrected chi connectivity index (χ1v) is 32.6. The van der Waals surface area contributed by atoms with Crippen molar-refractivity contribution >= 4 is 19.8 Å². The van der Waals surface area contributed by atoms with Gasteiger partial charge in [0, 0.05) is 19.4 Å². The Morgan fingerprint density at radius 1 is 0.411 bits per heavy atom. The van der Waals surface area contributed by atoms with E-state index in [0.29, 0.717) is 6.42 Å². The number of hydrogen-bond donors (Lipinski definition) is 2. The minimum Gasteiger partial charge on any atom is -0.462 e. The highest BCUT2D eigenvalue weighted by Gasteiger charge is 2.26. The third-order valence-electron chi connectivity index (χ3n) is 13.7. The van der Waals surface area contributed by atoms with Gasteiger partial charge in [0.1, 0.15) is 6.61 Å². The highest BCUT2D eigenvalue weighted by molar-refractivity contribution is 7.47. The Balaban J connectivity index is 3.87. The summed E-state index contributed by atoms with van der Waals surface area (Å²) in [6, 6.07) is 0. The molecule has 0 aromatic carbocycles. The molecule has 0 saturated heterocycles. The van der Waals surface area contributed by atoms with E-state index >= 15 is 0 Å². The summed E-state index contributed by atoms with van der Waals surface area (Å²) >= 11 is 0. The van der Waals surface area contributed by atoms with E-state index in [1.54, 1.807) is 0 Å². The van der Waals surface area contributed by atoms with Crippen molar-refractivity contribution in [2.24, 2.45) is 5.73 Å². The van der Waals surface area contributed by atoms with Crippen LogP contribution >= 0.6 is 7.82 Å². The molecule has 2 unspecified atom stereocenters. The molecule has 0 aliphatic carbocycles. The molecule has 0 rings (SSSR count). The van der Waals surface area contributed by atoms with Gasteiger partial charge < -0.3 is 20.1 Å². The SMILES string of the molecule is CCCCCCC/C=C\C/C=C\C/C=C\CCCCCCCCCCCCCCCCCCCCC(=O)OC(COC(=O)CCCCCCCCCCC/C=C\CCCCCCCC)COP(=O)(O)OCCN. The average Bonchev–Trinajstić information content (AvgIpc) is 3.38. The number of rotatable bonds is 59. The third kappa shape index (κ3) is 59.1. The molecule has 0 amide bonds. The minimum absolute atomic E-state index is 0.0540. The van der Waals surface area contributed by atoms with Gasteiger partial charge in [0.05, 0.1) is 13.2 Å². The number of carbonyl (C=O) groups is 2. The van der Waals surface area contributed by atoms with Crippen molar-refractivity contribution in [3.8, 4) is 0 Å². The first-order valence-electron chi connectivity index (χ1n) is 31.1. The highest BCUT2D eigenvalue weighted by atomic mass is 31.2. The van der Waals surface area contributed by atoms with Crippen molar-refractivity contribution in [1.29, 1.82) is 0 Å². The molecule has 3 N–H and O–H groups in total. The maximum Gasteiger partial charge on any atom is 0.472 e. The van der Waals surface area contributed by atoms with Crippen molar-refractivity contribution in [2.75, 3.05) is 26.4 Å². The van der Waals surface area contributed by atoms with Crippen LogP contribution < -0.4 is 5.73 Å². The lowest BCUT2D eigenvalue weighted by atomic mass is 10.0. The lowest BCUT2D eigenvalue weighted by Crippen LogP contribution is -2.29. The van der Waals surface area contributed by atoms with E-state index in [4.69, 9.17) is 24.3 Å². The monoisotopic (exact) mass is 1050 g/mol. The van der Waals surface area contributed by atoms with Crippen LogP contribution in [0.5, 0.6) is 0 Å². The predicted octanol–water partition coefficient (Wildman–Crippen LogP) is 19.7. The van der Waals surface area contributed by atoms with Crippen molar-refractivity contribution in [3.05, 3.63) is 48.6 Å². The molecule has 0 aliphatic heterocycles. The molecule has 0 heterocycles. The molecule has 0 aromatic rings. The van der Waals surface area contributed by atoms with Crippen molar-refractivity contribution < 1.29 is 37.6 Å². The van der Waals surface area contributed by atoms with Crippen LogP contribution in [0.4, 0.5) is 0 Å². The fourth-order valence-corrected chi connectivity index (χ4v) is 9.82. The molecule has 0 spiro atoms. The van der Waals surface area contributed by atoms with Crippen molar-refractivity contribution in [2.45, 2.75) is 315 Å². The van der Waals surface area contributed by atoms with Gasteiger partial charge in [-0.25, -0.2) is 4.57 Å². The zero-order valence-corrected chi connectivity index (χ0v) is 48.8. The second kappa shape index (κ2) is 59.2. The fourth-order valence-electron chi connectivity index (χ4n) is 9.05. The van der Waals surface area contributed by atoms with Crippen LogP contribution in [0.25, 0.3) is 0 Å². The molecule has 73 heavy (non-hydrogen) atoms. The van der Waals surface area contributed by atoms with Crippen LogP contribution in [-0.4, -0.2) is 49.3 Å². The highest BCUT2D eigenvalue weighted by Crippen LogP contribution is 2.43. The van der Waals surface area contributed by atoms with Crippen LogP contribution in [0.2, 0.25) is 0 Å². The summed E-state index contributed by atoms with van der Waals surface area (Å²) in [6.45, 7) is 3.77. The van der Waals surface area contributed by atoms with Gasteiger partial charge in [-0.3, -0.25) is 18.6 Å². The lowest BCUT2D eigenvalue weighted by molar-refractivity contribution is -0.161. The predicted molar refractivity (Wildman–Crippen MR) is 312 cm³/mol. The van der Waals surface area contributed by atoms with E-state index in [0.717, 1.165) is 44.9 Å². The number of esters is 2. The van der Waals surface area contributed by atoms with Gasteiger partial charge >= 0.3 is 19.8 Å². The maximum absolute atomic E-state index is 12.7. The summed E-state index contributed by atoms with van der Waals surface area (Å²) in [4.78, 5) is 35.2. The largest absolute Gasteiger partial charge is 0.472 e. The molecule has 0 radical (unpaired) electrons. The van der Waals surface area contributed by atoms with Crippen LogP contribution in [-0.2, 0) is 32.7 Å². The quantitative estimate of drug-likeness (QED) is 0.0264. The number of hydrogen-bond acceptors (Lipinski definition) is 8. The van der Waals surface area contributed by atoms with Gasteiger partial charge in [-0.05, 0) is 77.0 Å². The van der Waals surface area contributed by atoms with Crippen molar-refractivity contribution in [1.82, 2.24) is 0 Å². The van der Waals surface area contributed by atoms with E-state index < -0.39 is 26.5 Å².